The Morgan fingerprint density at radius 2 is 1.04 bits per heavy atom. The summed E-state index contributed by atoms with van der Waals surface area (Å²) in [5, 5.41) is 2.29. The van der Waals surface area contributed by atoms with Crippen LogP contribution >= 0.6 is 0 Å². The van der Waals surface area contributed by atoms with E-state index in [0.29, 0.717) is 0 Å². The largest absolute Gasteiger partial charge is 0.456 e. The Labute approximate surface area is 298 Å². The lowest BCUT2D eigenvalue weighted by Gasteiger charge is -2.30. The fraction of sp³-hybridized carbons (Fsp3) is 0.0612. The number of hydrogen-bond donors (Lipinski definition) is 0. The Hall–Kier alpha value is -6.38. The quantitative estimate of drug-likeness (QED) is 0.183. The first-order valence-electron chi connectivity index (χ1n) is 17.7. The number of ether oxygens (including phenoxy) is 1. The van der Waals surface area contributed by atoms with E-state index in [2.05, 4.69) is 195 Å². The highest BCUT2D eigenvalue weighted by molar-refractivity contribution is 6.11. The van der Waals surface area contributed by atoms with Gasteiger partial charge in [0.1, 0.15) is 11.5 Å². The Bertz CT molecular complexity index is 2620. The summed E-state index contributed by atoms with van der Waals surface area (Å²) in [5.41, 5.74) is 15.7. The van der Waals surface area contributed by atoms with Gasteiger partial charge in [-0.15, -0.1) is 0 Å². The Morgan fingerprint density at radius 1 is 0.412 bits per heavy atom. The highest BCUT2D eigenvalue weighted by atomic mass is 16.5. The maximum absolute atomic E-state index is 6.71. The number of para-hydroxylation sites is 1. The van der Waals surface area contributed by atoms with Gasteiger partial charge in [-0.1, -0.05) is 135 Å². The molecule has 1 heterocycles. The summed E-state index contributed by atoms with van der Waals surface area (Å²) in [6.45, 7) is 4.70. The summed E-state index contributed by atoms with van der Waals surface area (Å²) in [6.07, 6.45) is 0. The van der Waals surface area contributed by atoms with Crippen LogP contribution < -0.4 is 9.64 Å². The third-order valence-corrected chi connectivity index (χ3v) is 10.9. The second kappa shape index (κ2) is 11.3. The first kappa shape index (κ1) is 29.5. The monoisotopic (exact) mass is 653 g/mol. The molecule has 0 radical (unpaired) electrons. The molecule has 0 aromatic heterocycles. The predicted molar refractivity (Wildman–Crippen MR) is 213 cm³/mol. The van der Waals surface area contributed by atoms with Gasteiger partial charge >= 0.3 is 0 Å². The van der Waals surface area contributed by atoms with Crippen LogP contribution in [-0.4, -0.2) is 0 Å². The normalized spacial score (nSPS) is 13.2. The summed E-state index contributed by atoms with van der Waals surface area (Å²) in [7, 11) is 0. The van der Waals surface area contributed by atoms with Gasteiger partial charge in [-0.25, -0.2) is 0 Å². The van der Waals surface area contributed by atoms with Crippen LogP contribution in [0.5, 0.6) is 11.5 Å². The van der Waals surface area contributed by atoms with Crippen molar-refractivity contribution in [2.24, 2.45) is 0 Å². The van der Waals surface area contributed by atoms with E-state index in [4.69, 9.17) is 4.74 Å². The van der Waals surface area contributed by atoms with Crippen LogP contribution in [0.15, 0.2) is 176 Å². The molecule has 0 saturated carbocycles. The molecule has 2 heteroatoms. The number of fused-ring (bicyclic) bond motifs is 5. The first-order valence-corrected chi connectivity index (χ1v) is 17.7. The van der Waals surface area contributed by atoms with Crippen LogP contribution in [0.3, 0.4) is 0 Å². The zero-order valence-corrected chi connectivity index (χ0v) is 28.6. The van der Waals surface area contributed by atoms with Crippen LogP contribution in [-0.2, 0) is 5.41 Å². The molecule has 51 heavy (non-hydrogen) atoms. The van der Waals surface area contributed by atoms with Crippen LogP contribution in [0, 0.1) is 0 Å². The second-order valence-electron chi connectivity index (χ2n) is 14.1. The number of nitrogens with zero attached hydrogens (tertiary/aromatic N) is 1. The topological polar surface area (TPSA) is 12.5 Å². The van der Waals surface area contributed by atoms with Crippen molar-refractivity contribution in [3.63, 3.8) is 0 Å². The van der Waals surface area contributed by atoms with E-state index < -0.39 is 0 Å². The number of benzene rings is 8. The van der Waals surface area contributed by atoms with Crippen molar-refractivity contribution in [3.8, 4) is 56.0 Å². The van der Waals surface area contributed by atoms with Crippen molar-refractivity contribution < 1.29 is 4.74 Å². The van der Waals surface area contributed by atoms with Crippen LogP contribution in [0.2, 0.25) is 0 Å². The van der Waals surface area contributed by atoms with Crippen molar-refractivity contribution in [1.29, 1.82) is 0 Å². The van der Waals surface area contributed by atoms with E-state index in [9.17, 15) is 0 Å². The molecule has 1 aliphatic heterocycles. The molecule has 0 unspecified atom stereocenters. The molecular weight excluding hydrogens is 619 g/mol. The van der Waals surface area contributed by atoms with E-state index in [1.54, 1.807) is 0 Å². The van der Waals surface area contributed by atoms with Crippen LogP contribution in [0.1, 0.15) is 25.0 Å². The van der Waals surface area contributed by atoms with Gasteiger partial charge in [0.25, 0.3) is 0 Å². The zero-order valence-electron chi connectivity index (χ0n) is 28.6. The maximum Gasteiger partial charge on any atom is 0.136 e. The Balaban J connectivity index is 1.14. The summed E-state index contributed by atoms with van der Waals surface area (Å²) in [5.74, 6) is 1.77. The van der Waals surface area contributed by atoms with E-state index in [1.807, 2.05) is 0 Å². The highest BCUT2D eigenvalue weighted by Crippen LogP contribution is 2.54. The SMILES string of the molecule is CC1(C)c2ccc(-c3ccccc3)cc2-c2cc(N(c3ccccc3)c3ccc4c5c(cccc35)-c3ccc(-c5ccccc5)cc3O4)ccc21. The van der Waals surface area contributed by atoms with Gasteiger partial charge in [-0.3, -0.25) is 0 Å². The van der Waals surface area contributed by atoms with Gasteiger partial charge in [0.15, 0.2) is 0 Å². The molecule has 0 saturated heterocycles. The van der Waals surface area contributed by atoms with Crippen molar-refractivity contribution in [3.05, 3.63) is 187 Å². The predicted octanol–water partition coefficient (Wildman–Crippen LogP) is 13.7. The third kappa shape index (κ3) is 4.64. The van der Waals surface area contributed by atoms with Gasteiger partial charge in [0, 0.05) is 33.1 Å². The van der Waals surface area contributed by atoms with E-state index in [0.717, 1.165) is 50.5 Å². The smallest absolute Gasteiger partial charge is 0.136 e. The molecule has 0 atom stereocenters. The molecule has 8 aromatic rings. The molecule has 0 spiro atoms. The van der Waals surface area contributed by atoms with Crippen molar-refractivity contribution >= 4 is 27.8 Å². The number of anilines is 3. The molecule has 0 N–H and O–H groups in total. The van der Waals surface area contributed by atoms with Gasteiger partial charge in [-0.2, -0.15) is 0 Å². The van der Waals surface area contributed by atoms with Gasteiger partial charge in [-0.05, 0) is 105 Å². The van der Waals surface area contributed by atoms with Crippen molar-refractivity contribution in [2.75, 3.05) is 4.90 Å². The third-order valence-electron chi connectivity index (χ3n) is 10.9. The second-order valence-corrected chi connectivity index (χ2v) is 14.1. The lowest BCUT2D eigenvalue weighted by atomic mass is 9.82. The molecular formula is C49H35NO. The lowest BCUT2D eigenvalue weighted by Crippen LogP contribution is -2.15. The Morgan fingerprint density at radius 3 is 1.76 bits per heavy atom. The minimum absolute atomic E-state index is 0.0959. The summed E-state index contributed by atoms with van der Waals surface area (Å²) < 4.78 is 6.71. The van der Waals surface area contributed by atoms with E-state index in [-0.39, 0.29) is 5.41 Å². The van der Waals surface area contributed by atoms with E-state index >= 15 is 0 Å². The lowest BCUT2D eigenvalue weighted by molar-refractivity contribution is 0.487. The van der Waals surface area contributed by atoms with Gasteiger partial charge < -0.3 is 9.64 Å². The average Bonchev–Trinajstić information content (AvgIpc) is 3.41. The molecule has 2 aliphatic rings. The number of rotatable bonds is 5. The summed E-state index contributed by atoms with van der Waals surface area (Å²) in [6, 6.07) is 63.5. The van der Waals surface area contributed by atoms with Crippen molar-refractivity contribution in [1.82, 2.24) is 0 Å². The molecule has 1 aliphatic carbocycles. The molecule has 0 fully saturated rings. The average molecular weight is 654 g/mol. The van der Waals surface area contributed by atoms with Gasteiger partial charge in [0.05, 0.1) is 5.69 Å². The van der Waals surface area contributed by atoms with E-state index in [1.165, 1.54) is 44.5 Å². The molecule has 2 nitrogen and oxygen atoms in total. The van der Waals surface area contributed by atoms with Crippen LogP contribution in [0.4, 0.5) is 17.1 Å². The fourth-order valence-electron chi connectivity index (χ4n) is 8.33. The summed E-state index contributed by atoms with van der Waals surface area (Å²) in [4.78, 5) is 2.41. The maximum atomic E-state index is 6.71. The summed E-state index contributed by atoms with van der Waals surface area (Å²) >= 11 is 0. The number of hydrogen-bond acceptors (Lipinski definition) is 2. The standard InChI is InChI=1S/C49H35NO/c1-49(2)43-25-22-34(32-13-6-3-7-14-32)29-41(43)42-31-37(23-26-44(42)49)50(36-17-10-5-11-18-36)45-27-28-46-48-39(19-12-20-40(45)48)38-24-21-35(30-47(38)51-46)33-15-8-4-9-16-33/h3-31H,1-2H3. The van der Waals surface area contributed by atoms with Crippen LogP contribution in [0.25, 0.3) is 55.3 Å². The molecule has 10 rings (SSSR count). The zero-order chi connectivity index (χ0) is 34.1. The van der Waals surface area contributed by atoms with Gasteiger partial charge in [0.2, 0.25) is 0 Å². The molecule has 0 amide bonds. The minimum Gasteiger partial charge on any atom is -0.456 e. The highest BCUT2D eigenvalue weighted by Gasteiger charge is 2.36. The first-order chi connectivity index (χ1) is 25.0. The molecule has 0 bridgehead atoms. The minimum atomic E-state index is -0.0959. The molecule has 242 valence electrons. The Kier molecular flexibility index (Phi) is 6.56. The fourth-order valence-corrected chi connectivity index (χ4v) is 8.33. The molecule has 8 aromatic carbocycles. The van der Waals surface area contributed by atoms with Crippen molar-refractivity contribution in [2.45, 2.75) is 19.3 Å².